The largest absolute Gasteiger partial charge is 0.497 e. The Bertz CT molecular complexity index is 824. The van der Waals surface area contributed by atoms with Crippen molar-refractivity contribution in [2.24, 2.45) is 0 Å². The zero-order valence-electron chi connectivity index (χ0n) is 16.0. The van der Waals surface area contributed by atoms with Gasteiger partial charge in [0.2, 0.25) is 0 Å². The van der Waals surface area contributed by atoms with E-state index >= 15 is 0 Å². The molecule has 0 aliphatic heterocycles. The molecule has 0 saturated heterocycles. The standard InChI is InChI=1S/C21H27N3O3/c1-26-16-10-11-19(27-2)17(12-16)21(25)22-18-9-5-6-14-13-24(23-20(14)18)15-7-3-4-8-15/h10-13,15,18H,3-9H2,1-2H3,(H,22,25). The van der Waals surface area contributed by atoms with Crippen LogP contribution in [0.4, 0.5) is 0 Å². The smallest absolute Gasteiger partial charge is 0.255 e. The number of aromatic nitrogens is 2. The Morgan fingerprint density at radius 3 is 2.70 bits per heavy atom. The van der Waals surface area contributed by atoms with Crippen LogP contribution in [0.15, 0.2) is 24.4 Å². The summed E-state index contributed by atoms with van der Waals surface area (Å²) < 4.78 is 12.8. The average Bonchev–Trinajstić information content (AvgIpc) is 3.37. The fourth-order valence-electron chi connectivity index (χ4n) is 4.29. The van der Waals surface area contributed by atoms with Crippen molar-refractivity contribution in [3.63, 3.8) is 0 Å². The summed E-state index contributed by atoms with van der Waals surface area (Å²) in [5.41, 5.74) is 2.79. The summed E-state index contributed by atoms with van der Waals surface area (Å²) in [6.45, 7) is 0. The van der Waals surface area contributed by atoms with Crippen molar-refractivity contribution in [2.45, 2.75) is 57.0 Å². The van der Waals surface area contributed by atoms with Gasteiger partial charge >= 0.3 is 0 Å². The number of carbonyl (C=O) groups excluding carboxylic acids is 1. The Balaban J connectivity index is 1.56. The lowest BCUT2D eigenvalue weighted by Crippen LogP contribution is -2.31. The van der Waals surface area contributed by atoms with Crippen molar-refractivity contribution >= 4 is 5.91 Å². The van der Waals surface area contributed by atoms with E-state index in [1.54, 1.807) is 32.4 Å². The number of methoxy groups -OCH3 is 2. The third-order valence-electron chi connectivity index (χ3n) is 5.76. The van der Waals surface area contributed by atoms with Gasteiger partial charge in [-0.25, -0.2) is 0 Å². The van der Waals surface area contributed by atoms with E-state index < -0.39 is 0 Å². The number of carbonyl (C=O) groups is 1. The van der Waals surface area contributed by atoms with Crippen LogP contribution in [0.3, 0.4) is 0 Å². The van der Waals surface area contributed by atoms with E-state index in [0.717, 1.165) is 25.0 Å². The van der Waals surface area contributed by atoms with Crippen LogP contribution in [0.5, 0.6) is 11.5 Å². The summed E-state index contributed by atoms with van der Waals surface area (Å²) in [5, 5.41) is 8.05. The van der Waals surface area contributed by atoms with Gasteiger partial charge in [0.1, 0.15) is 11.5 Å². The minimum atomic E-state index is -0.154. The maximum absolute atomic E-state index is 13.0. The Labute approximate surface area is 159 Å². The first-order chi connectivity index (χ1) is 13.2. The number of nitrogens with zero attached hydrogens (tertiary/aromatic N) is 2. The SMILES string of the molecule is COc1ccc(OC)c(C(=O)NC2CCCc3cn(C4CCCC4)nc32)c1. The van der Waals surface area contributed by atoms with Gasteiger partial charge in [0.25, 0.3) is 5.91 Å². The van der Waals surface area contributed by atoms with Gasteiger partial charge in [-0.3, -0.25) is 9.48 Å². The predicted molar refractivity (Wildman–Crippen MR) is 102 cm³/mol. The van der Waals surface area contributed by atoms with Gasteiger partial charge in [0.15, 0.2) is 0 Å². The average molecular weight is 369 g/mol. The van der Waals surface area contributed by atoms with E-state index in [2.05, 4.69) is 16.2 Å². The fourth-order valence-corrected chi connectivity index (χ4v) is 4.29. The highest BCUT2D eigenvalue weighted by Gasteiger charge is 2.28. The van der Waals surface area contributed by atoms with Crippen LogP contribution >= 0.6 is 0 Å². The topological polar surface area (TPSA) is 65.4 Å². The number of aryl methyl sites for hydroxylation is 1. The first-order valence-electron chi connectivity index (χ1n) is 9.80. The predicted octanol–water partition coefficient (Wildman–Crippen LogP) is 3.82. The van der Waals surface area contributed by atoms with Crippen molar-refractivity contribution < 1.29 is 14.3 Å². The summed E-state index contributed by atoms with van der Waals surface area (Å²) in [6.07, 6.45) is 10.2. The third kappa shape index (κ3) is 3.53. The van der Waals surface area contributed by atoms with Crippen LogP contribution < -0.4 is 14.8 Å². The summed E-state index contributed by atoms with van der Waals surface area (Å²) in [6, 6.07) is 5.73. The molecule has 1 aromatic carbocycles. The highest BCUT2D eigenvalue weighted by molar-refractivity contribution is 5.97. The molecule has 1 saturated carbocycles. The Morgan fingerprint density at radius 1 is 1.15 bits per heavy atom. The quantitative estimate of drug-likeness (QED) is 0.870. The number of benzene rings is 1. The van der Waals surface area contributed by atoms with Crippen molar-refractivity contribution in [1.29, 1.82) is 0 Å². The second-order valence-corrected chi connectivity index (χ2v) is 7.44. The van der Waals surface area contributed by atoms with Gasteiger partial charge in [-0.15, -0.1) is 0 Å². The van der Waals surface area contributed by atoms with Crippen molar-refractivity contribution in [1.82, 2.24) is 15.1 Å². The molecule has 0 bridgehead atoms. The zero-order valence-corrected chi connectivity index (χ0v) is 16.0. The lowest BCUT2D eigenvalue weighted by atomic mass is 9.93. The van der Waals surface area contributed by atoms with E-state index in [0.29, 0.717) is 23.1 Å². The van der Waals surface area contributed by atoms with Crippen LogP contribution in [0.2, 0.25) is 0 Å². The molecule has 1 aromatic heterocycles. The first-order valence-corrected chi connectivity index (χ1v) is 9.80. The lowest BCUT2D eigenvalue weighted by Gasteiger charge is -2.23. The van der Waals surface area contributed by atoms with Gasteiger partial charge in [0, 0.05) is 6.20 Å². The van der Waals surface area contributed by atoms with Gasteiger partial charge in [-0.1, -0.05) is 12.8 Å². The molecule has 1 heterocycles. The van der Waals surface area contributed by atoms with Gasteiger partial charge in [0.05, 0.1) is 37.6 Å². The highest BCUT2D eigenvalue weighted by atomic mass is 16.5. The van der Waals surface area contributed by atoms with E-state index in [-0.39, 0.29) is 11.9 Å². The molecule has 144 valence electrons. The lowest BCUT2D eigenvalue weighted by molar-refractivity contribution is 0.0928. The van der Waals surface area contributed by atoms with Gasteiger partial charge < -0.3 is 14.8 Å². The Morgan fingerprint density at radius 2 is 1.96 bits per heavy atom. The molecule has 0 spiro atoms. The van der Waals surface area contributed by atoms with Crippen LogP contribution in [0, 0.1) is 0 Å². The molecule has 1 fully saturated rings. The van der Waals surface area contributed by atoms with Crippen LogP contribution in [0.1, 0.15) is 72.2 Å². The van der Waals surface area contributed by atoms with Crippen molar-refractivity contribution in [3.8, 4) is 11.5 Å². The Kier molecular flexibility index (Phi) is 5.05. The number of hydrogen-bond donors (Lipinski definition) is 1. The zero-order chi connectivity index (χ0) is 18.8. The van der Waals surface area contributed by atoms with E-state index in [9.17, 15) is 4.79 Å². The van der Waals surface area contributed by atoms with E-state index in [4.69, 9.17) is 14.6 Å². The number of amides is 1. The Hall–Kier alpha value is -2.50. The van der Waals surface area contributed by atoms with E-state index in [1.165, 1.54) is 31.2 Å². The van der Waals surface area contributed by atoms with Crippen molar-refractivity contribution in [2.75, 3.05) is 14.2 Å². The van der Waals surface area contributed by atoms with Crippen LogP contribution in [-0.2, 0) is 6.42 Å². The second kappa shape index (κ2) is 7.62. The molecule has 1 atom stereocenters. The minimum absolute atomic E-state index is 0.0557. The normalized spacial score (nSPS) is 19.6. The molecule has 4 rings (SSSR count). The third-order valence-corrected chi connectivity index (χ3v) is 5.76. The molecule has 6 nitrogen and oxygen atoms in total. The highest BCUT2D eigenvalue weighted by Crippen LogP contribution is 2.34. The monoisotopic (exact) mass is 369 g/mol. The second-order valence-electron chi connectivity index (χ2n) is 7.44. The molecule has 1 unspecified atom stereocenters. The van der Waals surface area contributed by atoms with E-state index in [1.807, 2.05) is 0 Å². The molecule has 2 aromatic rings. The van der Waals surface area contributed by atoms with Crippen LogP contribution in [0.25, 0.3) is 0 Å². The summed E-state index contributed by atoms with van der Waals surface area (Å²) in [7, 11) is 3.16. The number of fused-ring (bicyclic) bond motifs is 1. The molecule has 1 amide bonds. The molecular formula is C21H27N3O3. The molecule has 2 aliphatic rings. The van der Waals surface area contributed by atoms with Crippen LogP contribution in [-0.4, -0.2) is 29.9 Å². The molecule has 1 N–H and O–H groups in total. The first kappa shape index (κ1) is 17.9. The molecule has 27 heavy (non-hydrogen) atoms. The number of nitrogens with one attached hydrogen (secondary N) is 1. The number of hydrogen-bond acceptors (Lipinski definition) is 4. The molecular weight excluding hydrogens is 342 g/mol. The number of ether oxygens (including phenoxy) is 2. The fraction of sp³-hybridized carbons (Fsp3) is 0.524. The molecule has 6 heteroatoms. The summed E-state index contributed by atoms with van der Waals surface area (Å²) >= 11 is 0. The maximum atomic E-state index is 13.0. The molecule has 0 radical (unpaired) electrons. The number of rotatable bonds is 5. The van der Waals surface area contributed by atoms with Gasteiger partial charge in [-0.05, 0) is 55.9 Å². The molecule has 2 aliphatic carbocycles. The summed E-state index contributed by atoms with van der Waals surface area (Å²) in [4.78, 5) is 13.0. The summed E-state index contributed by atoms with van der Waals surface area (Å²) in [5.74, 6) is 1.02. The minimum Gasteiger partial charge on any atom is -0.497 e. The van der Waals surface area contributed by atoms with Crippen molar-refractivity contribution in [3.05, 3.63) is 41.2 Å². The van der Waals surface area contributed by atoms with Gasteiger partial charge in [-0.2, -0.15) is 5.10 Å². The maximum Gasteiger partial charge on any atom is 0.255 e.